The van der Waals surface area contributed by atoms with Crippen LogP contribution in [0, 0.1) is 0 Å². The van der Waals surface area contributed by atoms with Crippen molar-refractivity contribution < 1.29 is 27.6 Å². The van der Waals surface area contributed by atoms with Gasteiger partial charge in [-0.05, 0) is 29.8 Å². The molecule has 0 aliphatic rings. The summed E-state index contributed by atoms with van der Waals surface area (Å²) >= 11 is 0. The van der Waals surface area contributed by atoms with Gasteiger partial charge in [-0.3, -0.25) is 4.79 Å². The molecule has 0 heterocycles. The van der Waals surface area contributed by atoms with Crippen LogP contribution in [-0.2, 0) is 0 Å². The summed E-state index contributed by atoms with van der Waals surface area (Å²) in [7, 11) is 3.96. The standard InChI is InChI=1S/C18H19F3N2O2/c1-23(2)12-16(13-6-4-3-5-7-13)22-17(24)14-8-10-15(11-9-14)25-18(19,20)21/h3-11,16H,12H2,1-2H3,(H,22,24)/p+1/t16-/m1/s1. The maximum Gasteiger partial charge on any atom is 0.573 e. The number of hydrogen-bond acceptors (Lipinski definition) is 2. The molecule has 2 N–H and O–H groups in total. The molecule has 7 heteroatoms. The zero-order chi connectivity index (χ0) is 18.4. The maximum absolute atomic E-state index is 12.4. The smallest absolute Gasteiger partial charge is 0.406 e. The topological polar surface area (TPSA) is 42.8 Å². The van der Waals surface area contributed by atoms with Gasteiger partial charge in [-0.25, -0.2) is 0 Å². The van der Waals surface area contributed by atoms with Gasteiger partial charge < -0.3 is 15.0 Å². The number of carbonyl (C=O) groups is 1. The Morgan fingerprint density at radius 3 is 2.20 bits per heavy atom. The number of likely N-dealkylation sites (N-methyl/N-ethyl adjacent to an activating group) is 1. The average Bonchev–Trinajstić information content (AvgIpc) is 2.54. The van der Waals surface area contributed by atoms with Gasteiger partial charge in [0.2, 0.25) is 0 Å². The van der Waals surface area contributed by atoms with Crippen LogP contribution in [0.2, 0.25) is 0 Å². The Kier molecular flexibility index (Phi) is 6.03. The zero-order valence-electron chi connectivity index (χ0n) is 13.9. The van der Waals surface area contributed by atoms with Gasteiger partial charge in [0.05, 0.1) is 14.1 Å². The summed E-state index contributed by atoms with van der Waals surface area (Å²) in [5, 5.41) is 2.93. The van der Waals surface area contributed by atoms with Crippen LogP contribution in [0.15, 0.2) is 54.6 Å². The molecule has 0 aliphatic carbocycles. The molecule has 2 aromatic carbocycles. The van der Waals surface area contributed by atoms with E-state index in [2.05, 4.69) is 10.1 Å². The molecule has 2 rings (SSSR count). The van der Waals surface area contributed by atoms with Crippen molar-refractivity contribution in [2.24, 2.45) is 0 Å². The molecule has 0 aromatic heterocycles. The quantitative estimate of drug-likeness (QED) is 0.836. The molecule has 0 aliphatic heterocycles. The minimum absolute atomic E-state index is 0.204. The number of nitrogens with one attached hydrogen (secondary N) is 2. The summed E-state index contributed by atoms with van der Waals surface area (Å²) in [4.78, 5) is 13.6. The lowest BCUT2D eigenvalue weighted by Crippen LogP contribution is -3.06. The molecule has 134 valence electrons. The third-order valence-corrected chi connectivity index (χ3v) is 3.47. The van der Waals surface area contributed by atoms with Crippen LogP contribution >= 0.6 is 0 Å². The number of hydrogen-bond donors (Lipinski definition) is 2. The fourth-order valence-corrected chi connectivity index (χ4v) is 2.40. The summed E-state index contributed by atoms with van der Waals surface area (Å²) in [6, 6.07) is 14.2. The van der Waals surface area contributed by atoms with Crippen molar-refractivity contribution in [1.82, 2.24) is 5.32 Å². The first-order valence-electron chi connectivity index (χ1n) is 7.75. The SMILES string of the molecule is C[NH+](C)C[C@@H](NC(=O)c1ccc(OC(F)(F)F)cc1)c1ccccc1. The van der Waals surface area contributed by atoms with Crippen molar-refractivity contribution in [3.8, 4) is 5.75 Å². The van der Waals surface area contributed by atoms with E-state index < -0.39 is 6.36 Å². The van der Waals surface area contributed by atoms with Crippen LogP contribution in [-0.4, -0.2) is 32.9 Å². The van der Waals surface area contributed by atoms with Crippen molar-refractivity contribution in [2.45, 2.75) is 12.4 Å². The van der Waals surface area contributed by atoms with Gasteiger partial charge in [0.15, 0.2) is 0 Å². The third-order valence-electron chi connectivity index (χ3n) is 3.47. The molecule has 1 amide bonds. The summed E-state index contributed by atoms with van der Waals surface area (Å²) in [5.41, 5.74) is 1.23. The summed E-state index contributed by atoms with van der Waals surface area (Å²) < 4.78 is 40.3. The minimum Gasteiger partial charge on any atom is -0.406 e. The number of carbonyl (C=O) groups excluding carboxylic acids is 1. The van der Waals surface area contributed by atoms with Crippen LogP contribution in [0.3, 0.4) is 0 Å². The summed E-state index contributed by atoms with van der Waals surface area (Å²) in [6.07, 6.45) is -4.75. The Bertz CT molecular complexity index is 686. The number of benzene rings is 2. The van der Waals surface area contributed by atoms with E-state index in [-0.39, 0.29) is 23.3 Å². The highest BCUT2D eigenvalue weighted by atomic mass is 19.4. The van der Waals surface area contributed by atoms with E-state index in [0.717, 1.165) is 22.6 Å². The first-order chi connectivity index (χ1) is 11.7. The van der Waals surface area contributed by atoms with Gasteiger partial charge in [-0.15, -0.1) is 13.2 Å². The lowest BCUT2D eigenvalue weighted by Gasteiger charge is -2.21. The highest BCUT2D eigenvalue weighted by Crippen LogP contribution is 2.23. The Balaban J connectivity index is 2.10. The number of alkyl halides is 3. The largest absolute Gasteiger partial charge is 0.573 e. The fraction of sp³-hybridized carbons (Fsp3) is 0.278. The van der Waals surface area contributed by atoms with E-state index in [9.17, 15) is 18.0 Å². The zero-order valence-corrected chi connectivity index (χ0v) is 13.9. The number of rotatable bonds is 6. The molecule has 0 saturated carbocycles. The molecule has 0 spiro atoms. The van der Waals surface area contributed by atoms with Crippen LogP contribution in [0.1, 0.15) is 22.0 Å². The van der Waals surface area contributed by atoms with E-state index in [1.165, 1.54) is 12.1 Å². The predicted molar refractivity (Wildman–Crippen MR) is 87.5 cm³/mol. The van der Waals surface area contributed by atoms with Gasteiger partial charge in [-0.1, -0.05) is 30.3 Å². The highest BCUT2D eigenvalue weighted by molar-refractivity contribution is 5.94. The fourth-order valence-electron chi connectivity index (χ4n) is 2.40. The van der Waals surface area contributed by atoms with Gasteiger partial charge in [0, 0.05) is 5.56 Å². The van der Waals surface area contributed by atoms with Gasteiger partial charge >= 0.3 is 6.36 Å². The number of amides is 1. The molecule has 0 unspecified atom stereocenters. The number of quaternary nitrogens is 1. The highest BCUT2D eigenvalue weighted by Gasteiger charge is 2.31. The van der Waals surface area contributed by atoms with Gasteiger partial charge in [0.1, 0.15) is 18.3 Å². The first kappa shape index (κ1) is 18.8. The van der Waals surface area contributed by atoms with E-state index in [1.807, 2.05) is 44.4 Å². The maximum atomic E-state index is 12.4. The molecule has 25 heavy (non-hydrogen) atoms. The van der Waals surface area contributed by atoms with E-state index >= 15 is 0 Å². The molecule has 4 nitrogen and oxygen atoms in total. The second-order valence-corrected chi connectivity index (χ2v) is 5.92. The molecule has 1 atom stereocenters. The molecule has 0 bridgehead atoms. The average molecular weight is 353 g/mol. The van der Waals surface area contributed by atoms with E-state index in [0.29, 0.717) is 6.54 Å². The van der Waals surface area contributed by atoms with Crippen LogP contribution in [0.25, 0.3) is 0 Å². The van der Waals surface area contributed by atoms with Gasteiger partial charge in [0.25, 0.3) is 5.91 Å². The third kappa shape index (κ3) is 6.11. The summed E-state index contributed by atoms with van der Waals surface area (Å²) in [6.45, 7) is 0.672. The van der Waals surface area contributed by atoms with Crippen molar-refractivity contribution in [3.63, 3.8) is 0 Å². The Morgan fingerprint density at radius 2 is 1.68 bits per heavy atom. The van der Waals surface area contributed by atoms with Crippen molar-refractivity contribution >= 4 is 5.91 Å². The van der Waals surface area contributed by atoms with E-state index in [1.54, 1.807) is 0 Å². The van der Waals surface area contributed by atoms with Crippen molar-refractivity contribution in [2.75, 3.05) is 20.6 Å². The molecular weight excluding hydrogens is 333 g/mol. The van der Waals surface area contributed by atoms with Crippen molar-refractivity contribution in [3.05, 3.63) is 65.7 Å². The van der Waals surface area contributed by atoms with E-state index in [4.69, 9.17) is 0 Å². The molecule has 0 fully saturated rings. The van der Waals surface area contributed by atoms with Gasteiger partial charge in [-0.2, -0.15) is 0 Å². The lowest BCUT2D eigenvalue weighted by atomic mass is 10.1. The molecule has 0 radical (unpaired) electrons. The van der Waals surface area contributed by atoms with Crippen LogP contribution in [0.4, 0.5) is 13.2 Å². The minimum atomic E-state index is -4.75. The predicted octanol–water partition coefficient (Wildman–Crippen LogP) is 2.20. The molecule has 2 aromatic rings. The Labute approximate surface area is 144 Å². The second-order valence-electron chi connectivity index (χ2n) is 5.92. The number of halogens is 3. The van der Waals surface area contributed by atoms with Crippen LogP contribution in [0.5, 0.6) is 5.75 Å². The summed E-state index contributed by atoms with van der Waals surface area (Å²) in [5.74, 6) is -0.713. The Hall–Kier alpha value is -2.54. The molecule has 0 saturated heterocycles. The monoisotopic (exact) mass is 353 g/mol. The van der Waals surface area contributed by atoms with Crippen molar-refractivity contribution in [1.29, 1.82) is 0 Å². The molecular formula is C18H20F3N2O2+. The first-order valence-corrected chi connectivity index (χ1v) is 7.75. The second kappa shape index (κ2) is 8.02. The lowest BCUT2D eigenvalue weighted by molar-refractivity contribution is -0.860. The Morgan fingerprint density at radius 1 is 1.08 bits per heavy atom. The number of ether oxygens (including phenoxy) is 1. The van der Waals surface area contributed by atoms with Crippen LogP contribution < -0.4 is 15.0 Å². The normalized spacial score (nSPS) is 12.7.